The summed E-state index contributed by atoms with van der Waals surface area (Å²) >= 11 is 0. The Morgan fingerprint density at radius 2 is 1.84 bits per heavy atom. The number of hydrogen-bond acceptors (Lipinski definition) is 3. The molecule has 0 amide bonds. The summed E-state index contributed by atoms with van der Waals surface area (Å²) in [4.78, 5) is 2.51. The Kier molecular flexibility index (Phi) is 3.65. The average Bonchev–Trinajstić information content (AvgIpc) is 2.87. The van der Waals surface area contributed by atoms with Gasteiger partial charge >= 0.3 is 0 Å². The van der Waals surface area contributed by atoms with E-state index in [0.29, 0.717) is 23.2 Å². The first kappa shape index (κ1) is 13.8. The van der Waals surface area contributed by atoms with Gasteiger partial charge in [0.15, 0.2) is 0 Å². The second kappa shape index (κ2) is 5.01. The molecule has 0 spiro atoms. The van der Waals surface area contributed by atoms with Gasteiger partial charge in [0.25, 0.3) is 0 Å². The van der Waals surface area contributed by atoms with Crippen molar-refractivity contribution in [3.05, 3.63) is 0 Å². The van der Waals surface area contributed by atoms with Crippen molar-refractivity contribution in [2.45, 2.75) is 58.2 Å². The normalized spacial score (nSPS) is 46.4. The van der Waals surface area contributed by atoms with Crippen molar-refractivity contribution in [3.8, 4) is 0 Å². The number of hydrogen-bond donors (Lipinski definition) is 2. The van der Waals surface area contributed by atoms with Crippen molar-refractivity contribution in [2.75, 3.05) is 19.6 Å². The minimum atomic E-state index is -0.113. The zero-order valence-corrected chi connectivity index (χ0v) is 12.4. The molecule has 0 aromatic carbocycles. The maximum atomic E-state index is 10.2. The van der Waals surface area contributed by atoms with Gasteiger partial charge in [0.1, 0.15) is 0 Å². The third-order valence-corrected chi connectivity index (χ3v) is 5.86. The number of aliphatic hydroxyl groups is 2. The predicted molar refractivity (Wildman–Crippen MR) is 75.8 cm³/mol. The smallest absolute Gasteiger partial charge is 0.0583 e. The number of aliphatic hydroxyl groups excluding tert-OH is 2. The van der Waals surface area contributed by atoms with E-state index < -0.39 is 0 Å². The molecule has 0 aromatic rings. The molecule has 0 aromatic heterocycles. The summed E-state index contributed by atoms with van der Waals surface area (Å²) in [7, 11) is 0. The van der Waals surface area contributed by atoms with E-state index in [1.54, 1.807) is 0 Å². The van der Waals surface area contributed by atoms with Crippen LogP contribution in [0.1, 0.15) is 46.0 Å². The van der Waals surface area contributed by atoms with Gasteiger partial charge in [-0.05, 0) is 49.4 Å². The minimum absolute atomic E-state index is 0.0669. The highest BCUT2D eigenvalue weighted by Gasteiger charge is 2.43. The molecule has 1 aliphatic heterocycles. The largest absolute Gasteiger partial charge is 0.393 e. The predicted octanol–water partition coefficient (Wildman–Crippen LogP) is 1.88. The van der Waals surface area contributed by atoms with Gasteiger partial charge < -0.3 is 15.1 Å². The van der Waals surface area contributed by atoms with Gasteiger partial charge in [-0.3, -0.25) is 0 Å². The number of nitrogens with zero attached hydrogens (tertiary/aromatic N) is 1. The lowest BCUT2D eigenvalue weighted by molar-refractivity contribution is 0.00533. The standard InChI is InChI=1S/C16H29NO2/c1-16(2)6-5-14(18)12(7-16)9-17-8-11-3-4-15(19)13(11)10-17/h11-15,18-19H,3-10H2,1-2H3. The minimum Gasteiger partial charge on any atom is -0.393 e. The highest BCUT2D eigenvalue weighted by molar-refractivity contribution is 4.95. The monoisotopic (exact) mass is 267 g/mol. The molecule has 3 fully saturated rings. The Morgan fingerprint density at radius 3 is 2.58 bits per heavy atom. The Labute approximate surface area is 117 Å². The lowest BCUT2D eigenvalue weighted by Crippen LogP contribution is -2.41. The first-order valence-electron chi connectivity index (χ1n) is 8.03. The second-order valence-corrected chi connectivity index (χ2v) is 8.02. The molecule has 5 unspecified atom stereocenters. The maximum Gasteiger partial charge on any atom is 0.0583 e. The van der Waals surface area contributed by atoms with Crippen molar-refractivity contribution in [1.29, 1.82) is 0 Å². The molecular weight excluding hydrogens is 238 g/mol. The molecule has 1 saturated heterocycles. The van der Waals surface area contributed by atoms with E-state index in [-0.39, 0.29) is 12.2 Å². The van der Waals surface area contributed by atoms with Crippen molar-refractivity contribution in [2.24, 2.45) is 23.2 Å². The van der Waals surface area contributed by atoms with Crippen LogP contribution in [-0.2, 0) is 0 Å². The summed E-state index contributed by atoms with van der Waals surface area (Å²) in [6.45, 7) is 7.88. The van der Waals surface area contributed by atoms with Crippen LogP contribution in [0.2, 0.25) is 0 Å². The van der Waals surface area contributed by atoms with Gasteiger partial charge in [-0.15, -0.1) is 0 Å². The fourth-order valence-electron chi connectivity index (χ4n) is 4.72. The van der Waals surface area contributed by atoms with Gasteiger partial charge in [-0.25, -0.2) is 0 Å². The first-order chi connectivity index (χ1) is 8.94. The van der Waals surface area contributed by atoms with Crippen LogP contribution in [0, 0.1) is 23.2 Å². The first-order valence-corrected chi connectivity index (χ1v) is 8.03. The van der Waals surface area contributed by atoms with Gasteiger partial charge in [0.05, 0.1) is 12.2 Å². The van der Waals surface area contributed by atoms with Crippen LogP contribution in [0.4, 0.5) is 0 Å². The number of rotatable bonds is 2. The van der Waals surface area contributed by atoms with Gasteiger partial charge in [-0.1, -0.05) is 13.8 Å². The molecule has 1 heterocycles. The third-order valence-electron chi connectivity index (χ3n) is 5.86. The summed E-state index contributed by atoms with van der Waals surface area (Å²) in [6, 6.07) is 0. The fourth-order valence-corrected chi connectivity index (χ4v) is 4.72. The Morgan fingerprint density at radius 1 is 1.05 bits per heavy atom. The molecule has 2 N–H and O–H groups in total. The van der Waals surface area contributed by atoms with E-state index in [2.05, 4.69) is 18.7 Å². The van der Waals surface area contributed by atoms with Crippen LogP contribution in [-0.4, -0.2) is 47.0 Å². The number of fused-ring (bicyclic) bond motifs is 1. The highest BCUT2D eigenvalue weighted by atomic mass is 16.3. The molecular formula is C16H29NO2. The molecule has 2 saturated carbocycles. The van der Waals surface area contributed by atoms with Crippen molar-refractivity contribution >= 4 is 0 Å². The third kappa shape index (κ3) is 2.84. The summed E-state index contributed by atoms with van der Waals surface area (Å²) in [6.07, 6.45) is 5.27. The molecule has 3 heteroatoms. The van der Waals surface area contributed by atoms with Gasteiger partial charge in [0.2, 0.25) is 0 Å². The summed E-state index contributed by atoms with van der Waals surface area (Å²) in [5.74, 6) is 1.65. The Balaban J connectivity index is 1.57. The van der Waals surface area contributed by atoms with Crippen molar-refractivity contribution < 1.29 is 10.2 Å². The second-order valence-electron chi connectivity index (χ2n) is 8.02. The topological polar surface area (TPSA) is 43.7 Å². The van der Waals surface area contributed by atoms with E-state index in [1.807, 2.05) is 0 Å². The van der Waals surface area contributed by atoms with E-state index >= 15 is 0 Å². The summed E-state index contributed by atoms with van der Waals surface area (Å²) in [5.41, 5.74) is 0.388. The molecule has 0 bridgehead atoms. The van der Waals surface area contributed by atoms with Crippen LogP contribution in [0.15, 0.2) is 0 Å². The molecule has 110 valence electrons. The summed E-state index contributed by atoms with van der Waals surface area (Å²) < 4.78 is 0. The van der Waals surface area contributed by atoms with Crippen LogP contribution in [0.5, 0.6) is 0 Å². The highest BCUT2D eigenvalue weighted by Crippen LogP contribution is 2.42. The molecule has 5 atom stereocenters. The molecule has 3 rings (SSSR count). The maximum absolute atomic E-state index is 10.2. The van der Waals surface area contributed by atoms with Crippen molar-refractivity contribution in [3.63, 3.8) is 0 Å². The van der Waals surface area contributed by atoms with E-state index in [1.165, 1.54) is 6.42 Å². The number of likely N-dealkylation sites (tertiary alicyclic amines) is 1. The zero-order valence-electron chi connectivity index (χ0n) is 12.4. The van der Waals surface area contributed by atoms with Crippen LogP contribution < -0.4 is 0 Å². The Bertz CT molecular complexity index is 331. The van der Waals surface area contributed by atoms with E-state index in [9.17, 15) is 10.2 Å². The lowest BCUT2D eigenvalue weighted by atomic mass is 9.71. The fraction of sp³-hybridized carbons (Fsp3) is 1.00. The average molecular weight is 267 g/mol. The zero-order chi connectivity index (χ0) is 13.6. The van der Waals surface area contributed by atoms with E-state index in [0.717, 1.165) is 45.3 Å². The van der Waals surface area contributed by atoms with Gasteiger partial charge in [-0.2, -0.15) is 0 Å². The van der Waals surface area contributed by atoms with Crippen LogP contribution in [0.3, 0.4) is 0 Å². The molecule has 19 heavy (non-hydrogen) atoms. The van der Waals surface area contributed by atoms with Crippen LogP contribution >= 0.6 is 0 Å². The lowest BCUT2D eigenvalue weighted by Gasteiger charge is -2.40. The molecule has 3 nitrogen and oxygen atoms in total. The quantitative estimate of drug-likeness (QED) is 0.803. The molecule has 2 aliphatic carbocycles. The van der Waals surface area contributed by atoms with Crippen LogP contribution in [0.25, 0.3) is 0 Å². The van der Waals surface area contributed by atoms with E-state index in [4.69, 9.17) is 0 Å². The Hall–Kier alpha value is -0.120. The van der Waals surface area contributed by atoms with Gasteiger partial charge in [0, 0.05) is 25.6 Å². The molecule has 0 radical (unpaired) electrons. The van der Waals surface area contributed by atoms with Crippen molar-refractivity contribution in [1.82, 2.24) is 4.90 Å². The molecule has 3 aliphatic rings. The summed E-state index contributed by atoms with van der Waals surface area (Å²) in [5, 5.41) is 20.2. The SMILES string of the molecule is CC1(C)CCC(O)C(CN2CC3CCC(O)C3C2)C1.